The molecule has 0 radical (unpaired) electrons. The summed E-state index contributed by atoms with van der Waals surface area (Å²) in [6.07, 6.45) is 4.13. The van der Waals surface area contributed by atoms with Gasteiger partial charge in [-0.3, -0.25) is 0 Å². The van der Waals surface area contributed by atoms with E-state index < -0.39 is 0 Å². The third-order valence-corrected chi connectivity index (χ3v) is 2.64. The first-order valence-electron chi connectivity index (χ1n) is 5.03. The first-order valence-corrected chi connectivity index (χ1v) is 5.57. The van der Waals surface area contributed by atoms with Crippen molar-refractivity contribution in [2.75, 3.05) is 23.9 Å². The Bertz CT molecular complexity index is 283. The average molecular weight is 216 g/mol. The highest BCUT2D eigenvalue weighted by Gasteiger charge is 2.17. The Hall–Kier alpha value is -0.770. The molecular formula is C9H14ClN3O. The minimum Gasteiger partial charge on any atom is -0.338 e. The number of aromatic nitrogens is 2. The van der Waals surface area contributed by atoms with E-state index >= 15 is 0 Å². The standard InChI is InChI=1S/C9H14ClN3O/c10-5-3-4-8-11-9(12-14-8)13-6-1-2-7-13/h1-7H2. The molecule has 0 amide bonds. The SMILES string of the molecule is ClCCCc1nc(N2CCCC2)no1. The van der Waals surface area contributed by atoms with Crippen LogP contribution in [0.2, 0.25) is 0 Å². The summed E-state index contributed by atoms with van der Waals surface area (Å²) in [5.41, 5.74) is 0. The van der Waals surface area contributed by atoms with Gasteiger partial charge in [-0.25, -0.2) is 0 Å². The molecule has 1 aliphatic heterocycles. The normalized spacial score (nSPS) is 16.5. The van der Waals surface area contributed by atoms with Crippen LogP contribution < -0.4 is 4.90 Å². The van der Waals surface area contributed by atoms with E-state index in [0.717, 1.165) is 31.9 Å². The topological polar surface area (TPSA) is 42.2 Å². The molecule has 1 saturated heterocycles. The van der Waals surface area contributed by atoms with Crippen molar-refractivity contribution >= 4 is 17.5 Å². The van der Waals surface area contributed by atoms with Crippen LogP contribution in [0.25, 0.3) is 0 Å². The number of hydrogen-bond donors (Lipinski definition) is 0. The molecule has 1 fully saturated rings. The molecule has 1 aliphatic rings. The zero-order chi connectivity index (χ0) is 9.80. The molecule has 2 heterocycles. The van der Waals surface area contributed by atoms with E-state index in [2.05, 4.69) is 15.0 Å². The zero-order valence-electron chi connectivity index (χ0n) is 8.08. The summed E-state index contributed by atoms with van der Waals surface area (Å²) in [7, 11) is 0. The van der Waals surface area contributed by atoms with Gasteiger partial charge in [-0.05, 0) is 24.4 Å². The second kappa shape index (κ2) is 4.64. The van der Waals surface area contributed by atoms with Crippen LogP contribution in [0, 0.1) is 0 Å². The summed E-state index contributed by atoms with van der Waals surface area (Å²) < 4.78 is 5.12. The fraction of sp³-hybridized carbons (Fsp3) is 0.778. The molecule has 0 atom stereocenters. The van der Waals surface area contributed by atoms with Gasteiger partial charge in [0.2, 0.25) is 5.89 Å². The molecule has 2 rings (SSSR count). The van der Waals surface area contributed by atoms with Gasteiger partial charge in [-0.1, -0.05) is 0 Å². The highest BCUT2D eigenvalue weighted by atomic mass is 35.5. The van der Waals surface area contributed by atoms with Crippen molar-refractivity contribution in [3.8, 4) is 0 Å². The second-order valence-corrected chi connectivity index (χ2v) is 3.85. The highest BCUT2D eigenvalue weighted by Crippen LogP contribution is 2.16. The van der Waals surface area contributed by atoms with Crippen LogP contribution in [0.4, 0.5) is 5.95 Å². The van der Waals surface area contributed by atoms with Gasteiger partial charge in [0.05, 0.1) is 0 Å². The lowest BCUT2D eigenvalue weighted by atomic mass is 10.3. The van der Waals surface area contributed by atoms with Gasteiger partial charge in [-0.2, -0.15) is 4.98 Å². The number of halogens is 1. The minimum absolute atomic E-state index is 0.640. The molecule has 0 saturated carbocycles. The van der Waals surface area contributed by atoms with Gasteiger partial charge in [-0.15, -0.1) is 11.6 Å². The van der Waals surface area contributed by atoms with E-state index in [-0.39, 0.29) is 0 Å². The summed E-state index contributed by atoms with van der Waals surface area (Å²) in [4.78, 5) is 6.48. The molecule has 14 heavy (non-hydrogen) atoms. The summed E-state index contributed by atoms with van der Waals surface area (Å²) >= 11 is 5.59. The van der Waals surface area contributed by atoms with E-state index in [9.17, 15) is 0 Å². The monoisotopic (exact) mass is 215 g/mol. The second-order valence-electron chi connectivity index (χ2n) is 3.47. The zero-order valence-corrected chi connectivity index (χ0v) is 8.83. The number of aryl methyl sites for hydroxylation is 1. The van der Waals surface area contributed by atoms with E-state index in [1.54, 1.807) is 0 Å². The van der Waals surface area contributed by atoms with Crippen molar-refractivity contribution < 1.29 is 4.52 Å². The van der Waals surface area contributed by atoms with Crippen molar-refractivity contribution in [1.82, 2.24) is 10.1 Å². The number of hydrogen-bond acceptors (Lipinski definition) is 4. The van der Waals surface area contributed by atoms with Gasteiger partial charge >= 0.3 is 0 Å². The van der Waals surface area contributed by atoms with Crippen LogP contribution in [0.3, 0.4) is 0 Å². The maximum Gasteiger partial charge on any atom is 0.266 e. The van der Waals surface area contributed by atoms with Crippen molar-refractivity contribution in [2.45, 2.75) is 25.7 Å². The molecule has 0 aromatic carbocycles. The largest absolute Gasteiger partial charge is 0.338 e. The Morgan fingerprint density at radius 3 is 2.86 bits per heavy atom. The number of rotatable bonds is 4. The Labute approximate surface area is 88.2 Å². The average Bonchev–Trinajstić information content (AvgIpc) is 2.85. The van der Waals surface area contributed by atoms with Crippen LogP contribution in [-0.4, -0.2) is 29.1 Å². The third-order valence-electron chi connectivity index (χ3n) is 2.37. The Morgan fingerprint density at radius 2 is 2.14 bits per heavy atom. The predicted molar refractivity (Wildman–Crippen MR) is 54.8 cm³/mol. The van der Waals surface area contributed by atoms with Crippen molar-refractivity contribution in [2.24, 2.45) is 0 Å². The van der Waals surface area contributed by atoms with E-state index in [1.807, 2.05) is 0 Å². The maximum absolute atomic E-state index is 5.59. The van der Waals surface area contributed by atoms with E-state index in [4.69, 9.17) is 16.1 Å². The highest BCUT2D eigenvalue weighted by molar-refractivity contribution is 6.17. The molecule has 4 nitrogen and oxygen atoms in total. The number of alkyl halides is 1. The molecule has 1 aromatic rings. The molecule has 0 unspecified atom stereocenters. The van der Waals surface area contributed by atoms with Crippen LogP contribution in [0.1, 0.15) is 25.2 Å². The molecule has 0 spiro atoms. The summed E-state index contributed by atoms with van der Waals surface area (Å²) in [5, 5.41) is 3.95. The fourth-order valence-electron chi connectivity index (χ4n) is 1.61. The number of anilines is 1. The predicted octanol–water partition coefficient (Wildman–Crippen LogP) is 1.84. The lowest BCUT2D eigenvalue weighted by Crippen LogP contribution is -2.18. The molecule has 1 aromatic heterocycles. The van der Waals surface area contributed by atoms with Crippen LogP contribution in [0.15, 0.2) is 4.52 Å². The van der Waals surface area contributed by atoms with Gasteiger partial charge in [0.25, 0.3) is 5.95 Å². The van der Waals surface area contributed by atoms with Crippen LogP contribution in [0.5, 0.6) is 0 Å². The van der Waals surface area contributed by atoms with Gasteiger partial charge in [0.15, 0.2) is 0 Å². The van der Waals surface area contributed by atoms with Gasteiger partial charge in [0, 0.05) is 25.4 Å². The third kappa shape index (κ3) is 2.18. The molecule has 0 bridgehead atoms. The molecule has 0 aliphatic carbocycles. The lowest BCUT2D eigenvalue weighted by Gasteiger charge is -2.09. The summed E-state index contributed by atoms with van der Waals surface area (Å²) in [5.74, 6) is 2.08. The fourth-order valence-corrected chi connectivity index (χ4v) is 1.74. The summed E-state index contributed by atoms with van der Waals surface area (Å²) in [6, 6.07) is 0. The Balaban J connectivity index is 1.94. The van der Waals surface area contributed by atoms with E-state index in [1.165, 1.54) is 12.8 Å². The molecule has 5 heteroatoms. The molecule has 78 valence electrons. The van der Waals surface area contributed by atoms with Gasteiger partial charge < -0.3 is 9.42 Å². The minimum atomic E-state index is 0.640. The van der Waals surface area contributed by atoms with Gasteiger partial charge in [0.1, 0.15) is 0 Å². The van der Waals surface area contributed by atoms with Crippen molar-refractivity contribution in [3.05, 3.63) is 5.89 Å². The van der Waals surface area contributed by atoms with Crippen LogP contribution >= 0.6 is 11.6 Å². The lowest BCUT2D eigenvalue weighted by molar-refractivity contribution is 0.377. The van der Waals surface area contributed by atoms with Crippen molar-refractivity contribution in [1.29, 1.82) is 0 Å². The quantitative estimate of drug-likeness (QED) is 0.719. The maximum atomic E-state index is 5.59. The van der Waals surface area contributed by atoms with Crippen molar-refractivity contribution in [3.63, 3.8) is 0 Å². The summed E-state index contributed by atoms with van der Waals surface area (Å²) in [6.45, 7) is 2.10. The molecule has 0 N–H and O–H groups in total. The molecular weight excluding hydrogens is 202 g/mol. The smallest absolute Gasteiger partial charge is 0.266 e. The first-order chi connectivity index (χ1) is 6.90. The number of nitrogens with zero attached hydrogens (tertiary/aromatic N) is 3. The Kier molecular flexibility index (Phi) is 3.24. The Morgan fingerprint density at radius 1 is 1.36 bits per heavy atom. The van der Waals surface area contributed by atoms with E-state index in [0.29, 0.717) is 11.8 Å². The first kappa shape index (κ1) is 9.77. The van der Waals surface area contributed by atoms with Crippen LogP contribution in [-0.2, 0) is 6.42 Å².